The predicted octanol–water partition coefficient (Wildman–Crippen LogP) is 0.501. The highest BCUT2D eigenvalue weighted by Gasteiger charge is 2.39. The van der Waals surface area contributed by atoms with Gasteiger partial charge < -0.3 is 20.4 Å². The third-order valence-electron chi connectivity index (χ3n) is 3.74. The van der Waals surface area contributed by atoms with Crippen LogP contribution in [0.25, 0.3) is 0 Å². The fourth-order valence-corrected chi connectivity index (χ4v) is 3.86. The molecule has 2 aliphatic rings. The highest BCUT2D eigenvalue weighted by atomic mass is 32.2. The minimum Gasteiger partial charge on any atom is -0.480 e. The number of aliphatic carboxylic acids is 1. The monoisotopic (exact) mass is 288 g/mol. The summed E-state index contributed by atoms with van der Waals surface area (Å²) in [5, 5.41) is 21.4. The minimum absolute atomic E-state index is 0.0483. The van der Waals surface area contributed by atoms with E-state index in [4.69, 9.17) is 5.11 Å². The maximum Gasteiger partial charge on any atom is 0.326 e. The number of β-amino-alcohol motifs (C(OH)–C–C–N with tert-alkyl or cyclic N) is 1. The molecule has 108 valence electrons. The lowest BCUT2D eigenvalue weighted by molar-refractivity contribution is -0.141. The first-order valence-corrected chi connectivity index (χ1v) is 7.49. The Morgan fingerprint density at radius 3 is 2.84 bits per heavy atom. The van der Waals surface area contributed by atoms with Crippen LogP contribution in [0, 0.1) is 0 Å². The summed E-state index contributed by atoms with van der Waals surface area (Å²) in [5.41, 5.74) is 0. The Balaban J connectivity index is 1.90. The van der Waals surface area contributed by atoms with Gasteiger partial charge in [0.15, 0.2) is 0 Å². The largest absolute Gasteiger partial charge is 0.480 e. The fraction of sp³-hybridized carbons (Fsp3) is 0.833. The number of hydrogen-bond acceptors (Lipinski definition) is 4. The summed E-state index contributed by atoms with van der Waals surface area (Å²) in [6.07, 6.45) is 1.57. The maximum atomic E-state index is 12.0. The van der Waals surface area contributed by atoms with Crippen LogP contribution in [-0.2, 0) is 4.79 Å². The van der Waals surface area contributed by atoms with E-state index in [1.165, 1.54) is 4.90 Å². The number of carbonyl (C=O) groups excluding carboxylic acids is 1. The van der Waals surface area contributed by atoms with Crippen LogP contribution in [0.15, 0.2) is 0 Å². The van der Waals surface area contributed by atoms with Crippen LogP contribution < -0.4 is 5.32 Å². The average Bonchev–Trinajstić information content (AvgIpc) is 2.93. The molecule has 0 bridgehead atoms. The van der Waals surface area contributed by atoms with Gasteiger partial charge in [-0.2, -0.15) is 11.8 Å². The van der Waals surface area contributed by atoms with Crippen molar-refractivity contribution in [3.05, 3.63) is 0 Å². The predicted molar refractivity (Wildman–Crippen MR) is 72.2 cm³/mol. The number of carbonyl (C=O) groups is 2. The first-order chi connectivity index (χ1) is 8.91. The Hall–Kier alpha value is -0.950. The van der Waals surface area contributed by atoms with Gasteiger partial charge in [-0.25, -0.2) is 9.59 Å². The number of amides is 2. The van der Waals surface area contributed by atoms with E-state index in [-0.39, 0.29) is 17.7 Å². The zero-order chi connectivity index (χ0) is 14.0. The number of carboxylic acids is 1. The highest BCUT2D eigenvalue weighted by Crippen LogP contribution is 2.37. The Bertz CT molecular complexity index is 371. The minimum atomic E-state index is -1.06. The SMILES string of the molecule is CC1(CNC(=O)N2C[C@H](O)C[C@@H]2C(=O)O)CCCS1. The summed E-state index contributed by atoms with van der Waals surface area (Å²) in [5.74, 6) is 0.0418. The Morgan fingerprint density at radius 2 is 2.26 bits per heavy atom. The van der Waals surface area contributed by atoms with Gasteiger partial charge in [0.25, 0.3) is 0 Å². The lowest BCUT2D eigenvalue weighted by Gasteiger charge is -2.26. The topological polar surface area (TPSA) is 89.9 Å². The van der Waals surface area contributed by atoms with Crippen LogP contribution in [0.5, 0.6) is 0 Å². The van der Waals surface area contributed by atoms with Gasteiger partial charge in [0.2, 0.25) is 0 Å². The number of rotatable bonds is 3. The van der Waals surface area contributed by atoms with Crippen molar-refractivity contribution in [3.8, 4) is 0 Å². The smallest absolute Gasteiger partial charge is 0.326 e. The standard InChI is InChI=1S/C12H20N2O4S/c1-12(3-2-4-19-12)7-13-11(18)14-6-8(15)5-9(14)10(16)17/h8-9,15H,2-7H2,1H3,(H,13,18)(H,16,17)/t8-,9-,12?/m1/s1. The van der Waals surface area contributed by atoms with Gasteiger partial charge in [0.1, 0.15) is 6.04 Å². The number of aliphatic hydroxyl groups excluding tert-OH is 1. The van der Waals surface area contributed by atoms with E-state index in [1.54, 1.807) is 0 Å². The van der Waals surface area contributed by atoms with E-state index in [0.717, 1.165) is 18.6 Å². The van der Waals surface area contributed by atoms with Gasteiger partial charge in [0, 0.05) is 24.3 Å². The Morgan fingerprint density at radius 1 is 1.53 bits per heavy atom. The van der Waals surface area contributed by atoms with Crippen LogP contribution in [-0.4, -0.2) is 62.8 Å². The molecule has 0 spiro atoms. The van der Waals surface area contributed by atoms with Crippen LogP contribution in [0.2, 0.25) is 0 Å². The van der Waals surface area contributed by atoms with Gasteiger partial charge in [0.05, 0.1) is 6.10 Å². The highest BCUT2D eigenvalue weighted by molar-refractivity contribution is 8.00. The molecule has 0 saturated carbocycles. The van der Waals surface area contributed by atoms with Crippen molar-refractivity contribution in [3.63, 3.8) is 0 Å². The molecule has 3 N–H and O–H groups in total. The molecule has 2 fully saturated rings. The number of thioether (sulfide) groups is 1. The molecule has 7 heteroatoms. The fourth-order valence-electron chi connectivity index (χ4n) is 2.61. The second kappa shape index (κ2) is 5.58. The summed E-state index contributed by atoms with van der Waals surface area (Å²) >= 11 is 1.84. The van der Waals surface area contributed by atoms with Crippen molar-refractivity contribution in [1.29, 1.82) is 0 Å². The third kappa shape index (κ3) is 3.33. The van der Waals surface area contributed by atoms with E-state index in [2.05, 4.69) is 12.2 Å². The molecule has 1 unspecified atom stereocenters. The van der Waals surface area contributed by atoms with Crippen molar-refractivity contribution in [1.82, 2.24) is 10.2 Å². The average molecular weight is 288 g/mol. The first kappa shape index (κ1) is 14.5. The Kier molecular flexibility index (Phi) is 4.25. The van der Waals surface area contributed by atoms with Crippen LogP contribution in [0.1, 0.15) is 26.2 Å². The first-order valence-electron chi connectivity index (χ1n) is 6.50. The van der Waals surface area contributed by atoms with Crippen LogP contribution in [0.3, 0.4) is 0 Å². The molecule has 0 aromatic carbocycles. The molecule has 2 heterocycles. The van der Waals surface area contributed by atoms with Crippen molar-refractivity contribution in [2.75, 3.05) is 18.8 Å². The van der Waals surface area contributed by atoms with Gasteiger partial charge in [-0.15, -0.1) is 0 Å². The normalized spacial score (nSPS) is 34.5. The van der Waals surface area contributed by atoms with E-state index < -0.39 is 24.1 Å². The van der Waals surface area contributed by atoms with Crippen molar-refractivity contribution in [2.45, 2.75) is 43.1 Å². The van der Waals surface area contributed by atoms with E-state index in [9.17, 15) is 14.7 Å². The van der Waals surface area contributed by atoms with Crippen molar-refractivity contribution >= 4 is 23.8 Å². The summed E-state index contributed by atoms with van der Waals surface area (Å²) in [7, 11) is 0. The van der Waals surface area contributed by atoms with Crippen molar-refractivity contribution in [2.24, 2.45) is 0 Å². The summed E-state index contributed by atoms with van der Waals surface area (Å²) in [6, 6.07) is -1.31. The van der Waals surface area contributed by atoms with E-state index in [1.807, 2.05) is 11.8 Å². The van der Waals surface area contributed by atoms with Crippen LogP contribution >= 0.6 is 11.8 Å². The summed E-state index contributed by atoms with van der Waals surface area (Å²) in [6.45, 7) is 2.74. The molecular weight excluding hydrogens is 268 g/mol. The number of carboxylic acid groups (broad SMARTS) is 1. The van der Waals surface area contributed by atoms with Crippen LogP contribution in [0.4, 0.5) is 4.79 Å². The number of hydrogen-bond donors (Lipinski definition) is 3. The molecular formula is C12H20N2O4S. The summed E-state index contributed by atoms with van der Waals surface area (Å²) < 4.78 is 0.0483. The van der Waals surface area contributed by atoms with Gasteiger partial charge in [-0.1, -0.05) is 0 Å². The summed E-state index contributed by atoms with van der Waals surface area (Å²) in [4.78, 5) is 24.3. The zero-order valence-corrected chi connectivity index (χ0v) is 11.8. The van der Waals surface area contributed by atoms with E-state index in [0.29, 0.717) is 6.54 Å². The quantitative estimate of drug-likeness (QED) is 0.703. The zero-order valence-electron chi connectivity index (χ0n) is 11.0. The third-order valence-corrected chi connectivity index (χ3v) is 5.28. The van der Waals surface area contributed by atoms with Gasteiger partial charge in [-0.3, -0.25) is 0 Å². The lowest BCUT2D eigenvalue weighted by atomic mass is 10.1. The molecule has 0 radical (unpaired) electrons. The molecule has 2 rings (SSSR count). The Labute approximate surface area is 116 Å². The molecule has 19 heavy (non-hydrogen) atoms. The number of urea groups is 1. The molecule has 2 saturated heterocycles. The molecule has 0 aromatic heterocycles. The molecule has 6 nitrogen and oxygen atoms in total. The molecule has 0 aliphatic carbocycles. The second-order valence-corrected chi connectivity index (χ2v) is 7.14. The number of aliphatic hydroxyl groups is 1. The number of nitrogens with zero attached hydrogens (tertiary/aromatic N) is 1. The molecule has 2 aliphatic heterocycles. The number of nitrogens with one attached hydrogen (secondary N) is 1. The number of likely N-dealkylation sites (tertiary alicyclic amines) is 1. The van der Waals surface area contributed by atoms with Crippen molar-refractivity contribution < 1.29 is 19.8 Å². The van der Waals surface area contributed by atoms with Gasteiger partial charge in [-0.05, 0) is 25.5 Å². The van der Waals surface area contributed by atoms with E-state index >= 15 is 0 Å². The second-order valence-electron chi connectivity index (χ2n) is 5.46. The molecule has 2 amide bonds. The lowest BCUT2D eigenvalue weighted by Crippen LogP contribution is -2.49. The maximum absolute atomic E-state index is 12.0. The van der Waals surface area contributed by atoms with Gasteiger partial charge >= 0.3 is 12.0 Å². The molecule has 0 aromatic rings. The molecule has 3 atom stereocenters.